The summed E-state index contributed by atoms with van der Waals surface area (Å²) >= 11 is 0. The number of fused-ring (bicyclic) bond motifs is 1. The third-order valence-electron chi connectivity index (χ3n) is 9.22. The van der Waals surface area contributed by atoms with Gasteiger partial charge in [0.15, 0.2) is 27.2 Å². The molecule has 53 heavy (non-hydrogen) atoms. The summed E-state index contributed by atoms with van der Waals surface area (Å²) < 4.78 is 36.0. The van der Waals surface area contributed by atoms with Gasteiger partial charge in [0.1, 0.15) is 18.4 Å². The number of nitrogens with zero attached hydrogens (tertiary/aromatic N) is 4. The minimum absolute atomic E-state index is 0.0394. The first kappa shape index (κ1) is 40.8. The molecule has 1 aliphatic heterocycles. The molecule has 4 amide bonds. The fourth-order valence-electron chi connectivity index (χ4n) is 6.03. The summed E-state index contributed by atoms with van der Waals surface area (Å²) in [6, 6.07) is 10.2. The van der Waals surface area contributed by atoms with Crippen molar-refractivity contribution in [1.82, 2.24) is 35.6 Å². The largest absolute Gasteiger partial charge is 0.493 e. The number of aromatic nitrogens is 3. The van der Waals surface area contributed by atoms with Gasteiger partial charge in [0, 0.05) is 38.7 Å². The lowest BCUT2D eigenvalue weighted by atomic mass is 9.97. The van der Waals surface area contributed by atoms with Gasteiger partial charge in [0.05, 0.1) is 31.6 Å². The molecule has 0 aliphatic carbocycles. The van der Waals surface area contributed by atoms with Gasteiger partial charge in [0.25, 0.3) is 0 Å². The molecule has 4 rings (SSSR count). The Labute approximate surface area is 311 Å². The van der Waals surface area contributed by atoms with Gasteiger partial charge in [-0.15, -0.1) is 0 Å². The maximum Gasteiger partial charge on any atom is 0.243 e. The van der Waals surface area contributed by atoms with Gasteiger partial charge in [-0.25, -0.2) is 18.1 Å². The van der Waals surface area contributed by atoms with Crippen LogP contribution in [-0.2, 0) is 48.4 Å². The zero-order valence-corrected chi connectivity index (χ0v) is 32.1. The average molecular weight is 754 g/mol. The van der Waals surface area contributed by atoms with Gasteiger partial charge in [-0.2, -0.15) is 5.10 Å². The Morgan fingerprint density at radius 2 is 1.64 bits per heavy atom. The van der Waals surface area contributed by atoms with Crippen molar-refractivity contribution >= 4 is 33.5 Å². The van der Waals surface area contributed by atoms with E-state index in [1.807, 2.05) is 26.0 Å². The Bertz CT molecular complexity index is 1860. The molecule has 0 saturated carbocycles. The number of rotatable bonds is 9. The number of amides is 4. The van der Waals surface area contributed by atoms with E-state index in [1.165, 1.54) is 16.8 Å². The number of nitrogens with one attached hydrogen (secondary N) is 3. The van der Waals surface area contributed by atoms with E-state index in [0.29, 0.717) is 60.9 Å². The zero-order chi connectivity index (χ0) is 38.7. The molecule has 1 aliphatic rings. The van der Waals surface area contributed by atoms with Crippen LogP contribution in [0.1, 0.15) is 75.3 Å². The smallest absolute Gasteiger partial charge is 0.243 e. The number of methoxy groups -OCH3 is 2. The highest BCUT2D eigenvalue weighted by Crippen LogP contribution is 2.28. The molecule has 0 unspecified atom stereocenters. The van der Waals surface area contributed by atoms with Crippen molar-refractivity contribution in [3.05, 3.63) is 65.2 Å². The van der Waals surface area contributed by atoms with Crippen LogP contribution in [0.25, 0.3) is 0 Å². The Hall–Kier alpha value is -4.99. The molecule has 3 N–H and O–H groups in total. The van der Waals surface area contributed by atoms with Crippen molar-refractivity contribution in [3.63, 3.8) is 0 Å². The van der Waals surface area contributed by atoms with Crippen LogP contribution >= 0.6 is 0 Å². The second-order valence-corrected chi connectivity index (χ2v) is 15.4. The summed E-state index contributed by atoms with van der Waals surface area (Å²) in [5.74, 6) is 0.537. The molecule has 2 aromatic carbocycles. The molecule has 0 saturated heterocycles. The summed E-state index contributed by atoms with van der Waals surface area (Å²) in [4.78, 5) is 60.1. The fourth-order valence-corrected chi connectivity index (χ4v) is 6.66. The molecule has 16 heteroatoms. The van der Waals surface area contributed by atoms with Gasteiger partial charge >= 0.3 is 0 Å². The Balaban J connectivity index is 1.56. The van der Waals surface area contributed by atoms with E-state index in [2.05, 4.69) is 21.0 Å². The zero-order valence-electron chi connectivity index (χ0n) is 31.3. The van der Waals surface area contributed by atoms with E-state index in [4.69, 9.17) is 14.5 Å². The summed E-state index contributed by atoms with van der Waals surface area (Å²) in [6.45, 7) is 6.30. The van der Waals surface area contributed by atoms with E-state index >= 15 is 0 Å². The Morgan fingerprint density at radius 3 is 2.30 bits per heavy atom. The lowest BCUT2D eigenvalue weighted by Gasteiger charge is -2.26. The summed E-state index contributed by atoms with van der Waals surface area (Å²) in [5.41, 5.74) is 1.50. The van der Waals surface area contributed by atoms with Gasteiger partial charge in [0.2, 0.25) is 23.6 Å². The van der Waals surface area contributed by atoms with E-state index in [9.17, 15) is 27.6 Å². The highest BCUT2D eigenvalue weighted by molar-refractivity contribution is 7.90. The first-order valence-corrected chi connectivity index (χ1v) is 19.7. The van der Waals surface area contributed by atoms with Gasteiger partial charge in [-0.3, -0.25) is 19.2 Å². The summed E-state index contributed by atoms with van der Waals surface area (Å²) in [7, 11) is -0.269. The van der Waals surface area contributed by atoms with Crippen molar-refractivity contribution in [2.45, 2.75) is 82.8 Å². The molecule has 1 aromatic heterocycles. The van der Waals surface area contributed by atoms with Gasteiger partial charge < -0.3 is 30.3 Å². The number of hydrogen-bond acceptors (Lipinski definition) is 10. The molecule has 3 atom stereocenters. The van der Waals surface area contributed by atoms with Crippen LogP contribution in [0.4, 0.5) is 0 Å². The monoisotopic (exact) mass is 753 g/mol. The molecule has 0 radical (unpaired) electrons. The molecule has 3 aromatic rings. The minimum atomic E-state index is -3.38. The third-order valence-corrected chi connectivity index (χ3v) is 10.4. The fraction of sp³-hybridized carbons (Fsp3) is 0.514. The molecule has 288 valence electrons. The standard InChI is InChI=1S/C37H51N7O8S/c1-7-24(2)35-37(48)39-25(3)36-40-31(21-27-13-16-29(51-4)30(20-27)52-5)42-44(36)23-33(46)38-17-9-19-43(18-8-10-32(45)41-35)34(47)22-26-11-14-28(15-12-26)53(6,49)50/h11-16,20,24-25,35H,7-10,17-19,21-23H2,1-6H3,(H,38,46)(H,39,48)(H,41,45)/t24-,25+,35-/m0/s1. The third kappa shape index (κ3) is 11.5. The number of hydrogen-bond donors (Lipinski definition) is 3. The normalized spacial score (nSPS) is 18.8. The van der Waals surface area contributed by atoms with Crippen LogP contribution in [-0.4, -0.2) is 97.9 Å². The quantitative estimate of drug-likeness (QED) is 0.293. The van der Waals surface area contributed by atoms with E-state index < -0.39 is 21.9 Å². The van der Waals surface area contributed by atoms with Crippen molar-refractivity contribution < 1.29 is 37.1 Å². The van der Waals surface area contributed by atoms with Crippen molar-refractivity contribution in [2.24, 2.45) is 5.92 Å². The molecule has 0 fully saturated rings. The van der Waals surface area contributed by atoms with Crippen molar-refractivity contribution in [3.8, 4) is 11.5 Å². The summed E-state index contributed by atoms with van der Waals surface area (Å²) in [6.07, 6.45) is 3.01. The second-order valence-electron chi connectivity index (χ2n) is 13.4. The van der Waals surface area contributed by atoms with E-state index in [0.717, 1.165) is 11.8 Å². The maximum absolute atomic E-state index is 13.7. The Morgan fingerprint density at radius 1 is 0.962 bits per heavy atom. The molecule has 2 heterocycles. The van der Waals surface area contributed by atoms with Crippen molar-refractivity contribution in [2.75, 3.05) is 40.1 Å². The highest BCUT2D eigenvalue weighted by Gasteiger charge is 2.29. The van der Waals surface area contributed by atoms with E-state index in [1.54, 1.807) is 44.2 Å². The van der Waals surface area contributed by atoms with Gasteiger partial charge in [-0.1, -0.05) is 38.5 Å². The number of ether oxygens (including phenoxy) is 2. The predicted octanol–water partition coefficient (Wildman–Crippen LogP) is 2.37. The Kier molecular flexibility index (Phi) is 14.4. The maximum atomic E-state index is 13.7. The number of sulfone groups is 1. The number of carbonyl (C=O) groups excluding carboxylic acids is 4. The van der Waals surface area contributed by atoms with Crippen LogP contribution in [0.15, 0.2) is 47.4 Å². The lowest BCUT2D eigenvalue weighted by Crippen LogP contribution is -2.51. The molecular weight excluding hydrogens is 703 g/mol. The first-order valence-electron chi connectivity index (χ1n) is 17.8. The highest BCUT2D eigenvalue weighted by atomic mass is 32.2. The minimum Gasteiger partial charge on any atom is -0.493 e. The van der Waals surface area contributed by atoms with Crippen LogP contribution in [0.5, 0.6) is 11.5 Å². The van der Waals surface area contributed by atoms with Crippen LogP contribution < -0.4 is 25.4 Å². The van der Waals surface area contributed by atoms with Crippen molar-refractivity contribution in [1.29, 1.82) is 0 Å². The van der Waals surface area contributed by atoms with Crippen LogP contribution in [0.3, 0.4) is 0 Å². The van der Waals surface area contributed by atoms with E-state index in [-0.39, 0.29) is 66.9 Å². The number of carbonyl (C=O) groups is 4. The molecule has 0 bridgehead atoms. The average Bonchev–Trinajstić information content (AvgIpc) is 3.51. The SMILES string of the molecule is CC[C@H](C)[C@@H]1NC(=O)CCCN(C(=O)Cc2ccc(S(C)(=O)=O)cc2)CCCNC(=O)Cn2nc(Cc3ccc(OC)c(OC)c3)nc2[C@@H](C)NC1=O. The van der Waals surface area contributed by atoms with Crippen LogP contribution in [0, 0.1) is 5.92 Å². The van der Waals surface area contributed by atoms with Crippen LogP contribution in [0.2, 0.25) is 0 Å². The molecule has 0 spiro atoms. The first-order chi connectivity index (χ1) is 25.2. The lowest BCUT2D eigenvalue weighted by molar-refractivity contribution is -0.132. The predicted molar refractivity (Wildman–Crippen MR) is 197 cm³/mol. The van der Waals surface area contributed by atoms with Gasteiger partial charge in [-0.05, 0) is 61.1 Å². The topological polar surface area (TPSA) is 191 Å². The number of benzene rings is 2. The molecular formula is C37H51N7O8S. The molecule has 15 nitrogen and oxygen atoms in total. The second kappa shape index (κ2) is 18.7. The summed E-state index contributed by atoms with van der Waals surface area (Å²) in [5, 5.41) is 13.4.